The Morgan fingerprint density at radius 1 is 0.500 bits per heavy atom. The van der Waals surface area contributed by atoms with Crippen LogP contribution in [0.1, 0.15) is 155 Å². The predicted octanol–water partition coefficient (Wildman–Crippen LogP) is 9.22. The van der Waals surface area contributed by atoms with E-state index in [1.165, 1.54) is 116 Å². The lowest BCUT2D eigenvalue weighted by atomic mass is 10.1. The van der Waals surface area contributed by atoms with Crippen LogP contribution in [0.25, 0.3) is 0 Å². The van der Waals surface area contributed by atoms with Gasteiger partial charge in [-0.3, -0.25) is 4.79 Å². The van der Waals surface area contributed by atoms with Crippen molar-refractivity contribution in [2.45, 2.75) is 161 Å². The van der Waals surface area contributed by atoms with Gasteiger partial charge in [-0.05, 0) is 19.3 Å². The minimum atomic E-state index is -0.197. The standard InChI is InChI=1S/C34H68O6/c1-4-6-8-10-12-14-16-18-20-22-26-38-31-33(32-40-34(35)25-24-27-37-30-29-36-3)39-28-23-21-19-17-15-13-11-9-7-5-2/h33H,4-32H2,1-3H3. The van der Waals surface area contributed by atoms with E-state index in [2.05, 4.69) is 13.8 Å². The molecule has 0 bridgehead atoms. The lowest BCUT2D eigenvalue weighted by Gasteiger charge is -2.18. The van der Waals surface area contributed by atoms with Crippen molar-refractivity contribution in [3.8, 4) is 0 Å². The summed E-state index contributed by atoms with van der Waals surface area (Å²) in [5.41, 5.74) is 0. The molecule has 6 nitrogen and oxygen atoms in total. The van der Waals surface area contributed by atoms with Gasteiger partial charge in [-0.1, -0.05) is 129 Å². The van der Waals surface area contributed by atoms with Crippen LogP contribution in [-0.4, -0.2) is 65.4 Å². The summed E-state index contributed by atoms with van der Waals surface area (Å²) >= 11 is 0. The first kappa shape index (κ1) is 39.3. The number of unbranched alkanes of at least 4 members (excludes halogenated alkanes) is 18. The molecule has 0 heterocycles. The summed E-state index contributed by atoms with van der Waals surface area (Å²) in [7, 11) is 1.65. The first-order valence-electron chi connectivity index (χ1n) is 17.2. The summed E-state index contributed by atoms with van der Waals surface area (Å²) in [6.45, 7) is 8.41. The molecule has 0 aromatic rings. The number of hydrogen-bond acceptors (Lipinski definition) is 6. The van der Waals surface area contributed by atoms with Crippen LogP contribution in [0.2, 0.25) is 0 Å². The minimum Gasteiger partial charge on any atom is -0.463 e. The van der Waals surface area contributed by atoms with Crippen LogP contribution in [0, 0.1) is 0 Å². The molecule has 0 spiro atoms. The van der Waals surface area contributed by atoms with Crippen LogP contribution in [-0.2, 0) is 28.5 Å². The Kier molecular flexibility index (Phi) is 33.9. The molecule has 240 valence electrons. The van der Waals surface area contributed by atoms with E-state index in [0.717, 1.165) is 19.4 Å². The monoisotopic (exact) mass is 573 g/mol. The summed E-state index contributed by atoms with van der Waals surface area (Å²) in [6.07, 6.45) is 27.0. The highest BCUT2D eigenvalue weighted by molar-refractivity contribution is 5.69. The van der Waals surface area contributed by atoms with E-state index in [-0.39, 0.29) is 18.7 Å². The molecule has 0 rings (SSSR count). The molecule has 0 aromatic carbocycles. The third-order valence-corrected chi connectivity index (χ3v) is 7.33. The Balaban J connectivity index is 4.01. The van der Waals surface area contributed by atoms with Crippen LogP contribution in [0.15, 0.2) is 0 Å². The van der Waals surface area contributed by atoms with Gasteiger partial charge in [0, 0.05) is 33.4 Å². The van der Waals surface area contributed by atoms with E-state index in [0.29, 0.717) is 45.9 Å². The Morgan fingerprint density at radius 2 is 0.975 bits per heavy atom. The highest BCUT2D eigenvalue weighted by Gasteiger charge is 2.13. The first-order valence-corrected chi connectivity index (χ1v) is 17.2. The molecule has 6 heteroatoms. The average Bonchev–Trinajstić information content (AvgIpc) is 2.96. The molecule has 1 unspecified atom stereocenters. The summed E-state index contributed by atoms with van der Waals surface area (Å²) in [4.78, 5) is 12.2. The second kappa shape index (κ2) is 34.5. The van der Waals surface area contributed by atoms with Crippen molar-refractivity contribution in [1.82, 2.24) is 0 Å². The van der Waals surface area contributed by atoms with Crippen molar-refractivity contribution in [3.05, 3.63) is 0 Å². The van der Waals surface area contributed by atoms with Gasteiger partial charge in [0.25, 0.3) is 0 Å². The van der Waals surface area contributed by atoms with Crippen LogP contribution in [0.5, 0.6) is 0 Å². The smallest absolute Gasteiger partial charge is 0.305 e. The molecular formula is C34H68O6. The van der Waals surface area contributed by atoms with E-state index < -0.39 is 0 Å². The van der Waals surface area contributed by atoms with Crippen LogP contribution < -0.4 is 0 Å². The van der Waals surface area contributed by atoms with Crippen molar-refractivity contribution in [3.63, 3.8) is 0 Å². The van der Waals surface area contributed by atoms with E-state index in [9.17, 15) is 4.79 Å². The van der Waals surface area contributed by atoms with Gasteiger partial charge in [-0.15, -0.1) is 0 Å². The van der Waals surface area contributed by atoms with Crippen molar-refractivity contribution in [2.75, 3.05) is 53.4 Å². The fraction of sp³-hybridized carbons (Fsp3) is 0.971. The normalized spacial score (nSPS) is 12.2. The number of carbonyl (C=O) groups is 1. The van der Waals surface area contributed by atoms with Gasteiger partial charge < -0.3 is 23.7 Å². The molecular weight excluding hydrogens is 504 g/mol. The molecule has 0 saturated heterocycles. The number of rotatable bonds is 34. The third-order valence-electron chi connectivity index (χ3n) is 7.33. The van der Waals surface area contributed by atoms with Crippen molar-refractivity contribution >= 4 is 5.97 Å². The molecule has 0 aromatic heterocycles. The van der Waals surface area contributed by atoms with Crippen molar-refractivity contribution < 1.29 is 28.5 Å². The maximum Gasteiger partial charge on any atom is 0.305 e. The fourth-order valence-corrected chi connectivity index (χ4v) is 4.71. The quantitative estimate of drug-likeness (QED) is 0.0566. The second-order valence-electron chi connectivity index (χ2n) is 11.3. The van der Waals surface area contributed by atoms with Gasteiger partial charge in [0.2, 0.25) is 0 Å². The SMILES string of the molecule is CCCCCCCCCCCCOCC(COC(=O)CCCOCCOC)OCCCCCCCCCCCC. The molecule has 0 amide bonds. The largest absolute Gasteiger partial charge is 0.463 e. The van der Waals surface area contributed by atoms with Crippen molar-refractivity contribution in [2.24, 2.45) is 0 Å². The molecule has 0 aliphatic heterocycles. The van der Waals surface area contributed by atoms with Crippen molar-refractivity contribution in [1.29, 1.82) is 0 Å². The zero-order valence-corrected chi connectivity index (χ0v) is 27.0. The maximum absolute atomic E-state index is 12.2. The molecule has 40 heavy (non-hydrogen) atoms. The van der Waals surface area contributed by atoms with Gasteiger partial charge in [0.05, 0.1) is 19.8 Å². The van der Waals surface area contributed by atoms with Gasteiger partial charge in [-0.2, -0.15) is 0 Å². The van der Waals surface area contributed by atoms with E-state index in [4.69, 9.17) is 23.7 Å². The highest BCUT2D eigenvalue weighted by atomic mass is 16.6. The Bertz CT molecular complexity index is 487. The highest BCUT2D eigenvalue weighted by Crippen LogP contribution is 2.12. The van der Waals surface area contributed by atoms with Gasteiger partial charge in [-0.25, -0.2) is 0 Å². The third kappa shape index (κ3) is 31.8. The number of carbonyl (C=O) groups excluding carboxylic acids is 1. The first-order chi connectivity index (χ1) is 19.7. The topological polar surface area (TPSA) is 63.2 Å². The summed E-state index contributed by atoms with van der Waals surface area (Å²) in [5, 5.41) is 0. The lowest BCUT2D eigenvalue weighted by Crippen LogP contribution is -2.28. The van der Waals surface area contributed by atoms with Crippen LogP contribution in [0.3, 0.4) is 0 Å². The molecule has 1 atom stereocenters. The summed E-state index contributed by atoms with van der Waals surface area (Å²) in [5.74, 6) is -0.197. The number of methoxy groups -OCH3 is 1. The lowest BCUT2D eigenvalue weighted by molar-refractivity contribution is -0.150. The maximum atomic E-state index is 12.2. The summed E-state index contributed by atoms with van der Waals surface area (Å²) in [6, 6.07) is 0. The Labute approximate surface area is 249 Å². The average molecular weight is 573 g/mol. The van der Waals surface area contributed by atoms with E-state index in [1.54, 1.807) is 7.11 Å². The fourth-order valence-electron chi connectivity index (χ4n) is 4.71. The van der Waals surface area contributed by atoms with E-state index >= 15 is 0 Å². The van der Waals surface area contributed by atoms with Gasteiger partial charge in [0.1, 0.15) is 12.7 Å². The molecule has 0 aliphatic carbocycles. The second-order valence-corrected chi connectivity index (χ2v) is 11.3. The number of hydrogen-bond donors (Lipinski definition) is 0. The van der Waals surface area contributed by atoms with Gasteiger partial charge in [0.15, 0.2) is 0 Å². The Morgan fingerprint density at radius 3 is 1.50 bits per heavy atom. The summed E-state index contributed by atoms with van der Waals surface area (Å²) < 4.78 is 27.9. The number of ether oxygens (including phenoxy) is 5. The van der Waals surface area contributed by atoms with Crippen LogP contribution in [0.4, 0.5) is 0 Å². The molecule has 0 aliphatic rings. The molecule has 0 fully saturated rings. The predicted molar refractivity (Wildman–Crippen MR) is 167 cm³/mol. The van der Waals surface area contributed by atoms with E-state index in [1.807, 2.05) is 0 Å². The Hall–Kier alpha value is -0.690. The van der Waals surface area contributed by atoms with Crippen LogP contribution >= 0.6 is 0 Å². The number of esters is 1. The minimum absolute atomic E-state index is 0.191. The zero-order chi connectivity index (χ0) is 29.2. The molecule has 0 radical (unpaired) electrons. The molecule has 0 N–H and O–H groups in total. The zero-order valence-electron chi connectivity index (χ0n) is 27.0. The van der Waals surface area contributed by atoms with Gasteiger partial charge >= 0.3 is 5.97 Å². The molecule has 0 saturated carbocycles.